The van der Waals surface area contributed by atoms with Gasteiger partial charge in [0.25, 0.3) is 0 Å². The van der Waals surface area contributed by atoms with E-state index in [2.05, 4.69) is 38.6 Å². The molecule has 3 rings (SSSR count). The van der Waals surface area contributed by atoms with E-state index in [4.69, 9.17) is 0 Å². The van der Waals surface area contributed by atoms with E-state index in [9.17, 15) is 0 Å². The molecule has 0 aromatic carbocycles. The van der Waals surface area contributed by atoms with Crippen molar-refractivity contribution in [1.29, 1.82) is 0 Å². The topological polar surface area (TPSA) is 29.9 Å². The van der Waals surface area contributed by atoms with E-state index in [1.54, 1.807) is 11.3 Å². The molecule has 1 aliphatic heterocycles. The molecule has 1 fully saturated rings. The van der Waals surface area contributed by atoms with E-state index in [-0.39, 0.29) is 5.54 Å². The Balaban J connectivity index is 2.01. The summed E-state index contributed by atoms with van der Waals surface area (Å²) >= 11 is 1.74. The third-order valence-electron chi connectivity index (χ3n) is 3.72. The van der Waals surface area contributed by atoms with Gasteiger partial charge in [-0.1, -0.05) is 0 Å². The number of imidazole rings is 1. The SMILES string of the molecule is CC1(n2cncc2-c2ccsc2)CCNCC1. The molecule has 2 aromatic heterocycles. The molecule has 0 saturated carbocycles. The minimum absolute atomic E-state index is 0.207. The highest BCUT2D eigenvalue weighted by Gasteiger charge is 2.30. The van der Waals surface area contributed by atoms with E-state index in [0.717, 1.165) is 13.1 Å². The third-order valence-corrected chi connectivity index (χ3v) is 4.40. The summed E-state index contributed by atoms with van der Waals surface area (Å²) in [4.78, 5) is 4.35. The number of rotatable bonds is 2. The lowest BCUT2D eigenvalue weighted by atomic mass is 9.90. The number of hydrogen-bond donors (Lipinski definition) is 1. The summed E-state index contributed by atoms with van der Waals surface area (Å²) in [5, 5.41) is 7.74. The Morgan fingerprint density at radius 3 is 2.94 bits per heavy atom. The van der Waals surface area contributed by atoms with Crippen LogP contribution in [0.2, 0.25) is 0 Å². The maximum absolute atomic E-state index is 4.35. The van der Waals surface area contributed by atoms with Gasteiger partial charge in [0.2, 0.25) is 0 Å². The minimum Gasteiger partial charge on any atom is -0.325 e. The van der Waals surface area contributed by atoms with Crippen molar-refractivity contribution >= 4 is 11.3 Å². The van der Waals surface area contributed by atoms with Crippen molar-refractivity contribution in [3.63, 3.8) is 0 Å². The smallest absolute Gasteiger partial charge is 0.0956 e. The van der Waals surface area contributed by atoms with Crippen LogP contribution in [-0.2, 0) is 5.54 Å². The average molecular weight is 247 g/mol. The molecule has 0 unspecified atom stereocenters. The van der Waals surface area contributed by atoms with E-state index in [1.165, 1.54) is 24.1 Å². The van der Waals surface area contributed by atoms with E-state index in [1.807, 2.05) is 12.5 Å². The van der Waals surface area contributed by atoms with Crippen molar-refractivity contribution in [3.8, 4) is 11.3 Å². The molecule has 3 nitrogen and oxygen atoms in total. The fraction of sp³-hybridized carbons (Fsp3) is 0.462. The van der Waals surface area contributed by atoms with Crippen LogP contribution in [0.3, 0.4) is 0 Å². The van der Waals surface area contributed by atoms with Gasteiger partial charge < -0.3 is 9.88 Å². The molecule has 0 atom stereocenters. The molecule has 4 heteroatoms. The van der Waals surface area contributed by atoms with Crippen LogP contribution in [0.4, 0.5) is 0 Å². The molecule has 1 aliphatic rings. The predicted octanol–water partition coefficient (Wildman–Crippen LogP) is 2.71. The molecule has 2 aromatic rings. The molecule has 17 heavy (non-hydrogen) atoms. The Labute approximate surface area is 106 Å². The second-order valence-electron chi connectivity index (χ2n) is 4.91. The summed E-state index contributed by atoms with van der Waals surface area (Å²) in [6.07, 6.45) is 6.30. The summed E-state index contributed by atoms with van der Waals surface area (Å²) < 4.78 is 2.36. The molecule has 1 saturated heterocycles. The summed E-state index contributed by atoms with van der Waals surface area (Å²) in [5.41, 5.74) is 2.74. The Hall–Kier alpha value is -1.13. The van der Waals surface area contributed by atoms with Crippen LogP contribution in [0.1, 0.15) is 19.8 Å². The largest absolute Gasteiger partial charge is 0.325 e. The zero-order valence-electron chi connectivity index (χ0n) is 10.0. The maximum atomic E-state index is 4.35. The second-order valence-corrected chi connectivity index (χ2v) is 5.69. The first-order chi connectivity index (χ1) is 8.30. The van der Waals surface area contributed by atoms with Gasteiger partial charge in [-0.05, 0) is 44.3 Å². The second kappa shape index (κ2) is 4.27. The standard InChI is InChI=1S/C13H17N3S/c1-13(3-5-14-6-4-13)16-10-15-8-12(16)11-2-7-17-9-11/h2,7-10,14H,3-6H2,1H3. The third kappa shape index (κ3) is 1.91. The van der Waals surface area contributed by atoms with E-state index in [0.29, 0.717) is 0 Å². The zero-order chi connectivity index (χ0) is 11.7. The molecule has 0 radical (unpaired) electrons. The number of piperidine rings is 1. The molecule has 0 spiro atoms. The minimum atomic E-state index is 0.207. The quantitative estimate of drug-likeness (QED) is 0.884. The Kier molecular flexibility index (Phi) is 2.76. The van der Waals surface area contributed by atoms with Gasteiger partial charge in [-0.2, -0.15) is 11.3 Å². The highest BCUT2D eigenvalue weighted by Crippen LogP contribution is 2.32. The molecule has 0 amide bonds. The van der Waals surface area contributed by atoms with Gasteiger partial charge >= 0.3 is 0 Å². The van der Waals surface area contributed by atoms with Gasteiger partial charge in [-0.3, -0.25) is 0 Å². The van der Waals surface area contributed by atoms with Gasteiger partial charge in [0, 0.05) is 16.5 Å². The van der Waals surface area contributed by atoms with Crippen molar-refractivity contribution in [1.82, 2.24) is 14.9 Å². The van der Waals surface area contributed by atoms with Crippen LogP contribution in [0.25, 0.3) is 11.3 Å². The van der Waals surface area contributed by atoms with Crippen LogP contribution >= 0.6 is 11.3 Å². The number of hydrogen-bond acceptors (Lipinski definition) is 3. The summed E-state index contributed by atoms with van der Waals surface area (Å²) in [6, 6.07) is 2.17. The fourth-order valence-electron chi connectivity index (χ4n) is 2.56. The lowest BCUT2D eigenvalue weighted by Crippen LogP contribution is -2.41. The van der Waals surface area contributed by atoms with Crippen LogP contribution in [0.15, 0.2) is 29.4 Å². The summed E-state index contributed by atoms with van der Waals surface area (Å²) in [7, 11) is 0. The van der Waals surface area contributed by atoms with Gasteiger partial charge in [-0.25, -0.2) is 4.98 Å². The molecular formula is C13H17N3S. The maximum Gasteiger partial charge on any atom is 0.0956 e. The van der Waals surface area contributed by atoms with Crippen LogP contribution in [0, 0.1) is 0 Å². The van der Waals surface area contributed by atoms with Crippen molar-refractivity contribution in [2.45, 2.75) is 25.3 Å². The zero-order valence-corrected chi connectivity index (χ0v) is 10.8. The lowest BCUT2D eigenvalue weighted by molar-refractivity contribution is 0.233. The molecule has 0 bridgehead atoms. The summed E-state index contributed by atoms with van der Waals surface area (Å²) in [5.74, 6) is 0. The molecule has 90 valence electrons. The molecule has 0 aliphatic carbocycles. The molecular weight excluding hydrogens is 230 g/mol. The van der Waals surface area contributed by atoms with Gasteiger partial charge in [0.05, 0.1) is 18.2 Å². The Bertz CT molecular complexity index is 480. The van der Waals surface area contributed by atoms with E-state index < -0.39 is 0 Å². The Morgan fingerprint density at radius 2 is 2.24 bits per heavy atom. The molecule has 3 heterocycles. The van der Waals surface area contributed by atoms with E-state index >= 15 is 0 Å². The predicted molar refractivity (Wildman–Crippen MR) is 71.3 cm³/mol. The van der Waals surface area contributed by atoms with Crippen molar-refractivity contribution < 1.29 is 0 Å². The van der Waals surface area contributed by atoms with Crippen molar-refractivity contribution in [2.75, 3.05) is 13.1 Å². The Morgan fingerprint density at radius 1 is 1.41 bits per heavy atom. The monoisotopic (exact) mass is 247 g/mol. The number of nitrogens with zero attached hydrogens (tertiary/aromatic N) is 2. The first-order valence-electron chi connectivity index (χ1n) is 6.06. The average Bonchev–Trinajstić information content (AvgIpc) is 3.01. The fourth-order valence-corrected chi connectivity index (χ4v) is 3.20. The highest BCUT2D eigenvalue weighted by molar-refractivity contribution is 7.08. The highest BCUT2D eigenvalue weighted by atomic mass is 32.1. The normalized spacial score (nSPS) is 19.4. The van der Waals surface area contributed by atoms with Gasteiger partial charge in [-0.15, -0.1) is 0 Å². The number of thiophene rings is 1. The van der Waals surface area contributed by atoms with Gasteiger partial charge in [0.15, 0.2) is 0 Å². The lowest BCUT2D eigenvalue weighted by Gasteiger charge is -2.36. The first kappa shape index (κ1) is 11.0. The van der Waals surface area contributed by atoms with Crippen LogP contribution < -0.4 is 5.32 Å². The van der Waals surface area contributed by atoms with Crippen LogP contribution in [0.5, 0.6) is 0 Å². The van der Waals surface area contributed by atoms with Gasteiger partial charge in [0.1, 0.15) is 0 Å². The molecule has 1 N–H and O–H groups in total. The van der Waals surface area contributed by atoms with Crippen LogP contribution in [-0.4, -0.2) is 22.6 Å². The number of nitrogens with one attached hydrogen (secondary N) is 1. The first-order valence-corrected chi connectivity index (χ1v) is 7.00. The van der Waals surface area contributed by atoms with Crippen molar-refractivity contribution in [2.24, 2.45) is 0 Å². The summed E-state index contributed by atoms with van der Waals surface area (Å²) in [6.45, 7) is 4.53. The number of aromatic nitrogens is 2. The van der Waals surface area contributed by atoms with Crippen molar-refractivity contribution in [3.05, 3.63) is 29.4 Å².